The smallest absolute Gasteiger partial charge is 0.339 e. The summed E-state index contributed by atoms with van der Waals surface area (Å²) in [5, 5.41) is 9.40. The fraction of sp³-hybridized carbons (Fsp3) is 0.516. The van der Waals surface area contributed by atoms with Crippen molar-refractivity contribution in [2.24, 2.45) is 17.8 Å². The average Bonchev–Trinajstić information content (AvgIpc) is 2.87. The minimum absolute atomic E-state index is 0.163. The number of carboxylic acids is 1. The summed E-state index contributed by atoms with van der Waals surface area (Å²) in [4.78, 5) is 11.5. The zero-order chi connectivity index (χ0) is 26.0. The standard InChI is InChI=1S/C31H38O6/c1-20(10-21-4-6-26(30(32)33)29(14-21)35-3)25-5-7-28(37-19-36-9-8-34-2)27(15-25)31-16-22-11-23(17-31)13-24(12-22)18-31/h4-7,10,14-15,22-24H,8-9,11-13,16-19H2,1-3H3,(H,32,33). The van der Waals surface area contributed by atoms with Gasteiger partial charge in [-0.15, -0.1) is 0 Å². The lowest BCUT2D eigenvalue weighted by atomic mass is 9.48. The second kappa shape index (κ2) is 10.9. The van der Waals surface area contributed by atoms with Crippen LogP contribution in [-0.2, 0) is 14.9 Å². The summed E-state index contributed by atoms with van der Waals surface area (Å²) in [6.07, 6.45) is 10.0. The van der Waals surface area contributed by atoms with Crippen molar-refractivity contribution in [2.75, 3.05) is 34.2 Å². The molecule has 6 nitrogen and oxygen atoms in total. The molecule has 0 aliphatic heterocycles. The largest absolute Gasteiger partial charge is 0.496 e. The molecular weight excluding hydrogens is 468 g/mol. The molecule has 0 unspecified atom stereocenters. The molecule has 0 radical (unpaired) electrons. The highest BCUT2D eigenvalue weighted by Gasteiger charge is 2.52. The van der Waals surface area contributed by atoms with Crippen LogP contribution in [0.15, 0.2) is 36.4 Å². The third-order valence-electron chi connectivity index (χ3n) is 8.61. The maximum absolute atomic E-state index is 11.5. The van der Waals surface area contributed by atoms with E-state index in [-0.39, 0.29) is 17.8 Å². The highest BCUT2D eigenvalue weighted by atomic mass is 16.7. The maximum atomic E-state index is 11.5. The lowest BCUT2D eigenvalue weighted by Gasteiger charge is -2.57. The molecule has 0 spiro atoms. The average molecular weight is 507 g/mol. The van der Waals surface area contributed by atoms with Gasteiger partial charge in [-0.05, 0) is 110 Å². The Labute approximate surface area is 219 Å². The molecule has 0 atom stereocenters. The van der Waals surface area contributed by atoms with E-state index in [1.165, 1.54) is 51.2 Å². The molecule has 0 amide bonds. The van der Waals surface area contributed by atoms with Gasteiger partial charge in [-0.2, -0.15) is 0 Å². The minimum Gasteiger partial charge on any atom is -0.496 e. The van der Waals surface area contributed by atoms with Gasteiger partial charge < -0.3 is 24.1 Å². The topological polar surface area (TPSA) is 74.2 Å². The van der Waals surface area contributed by atoms with E-state index in [9.17, 15) is 9.90 Å². The van der Waals surface area contributed by atoms with Crippen molar-refractivity contribution >= 4 is 17.6 Å². The first kappa shape index (κ1) is 25.8. The Morgan fingerprint density at radius 1 is 0.973 bits per heavy atom. The number of ether oxygens (including phenoxy) is 4. The molecule has 4 aliphatic carbocycles. The van der Waals surface area contributed by atoms with Crippen molar-refractivity contribution in [1.82, 2.24) is 0 Å². The molecule has 4 saturated carbocycles. The molecule has 0 saturated heterocycles. The maximum Gasteiger partial charge on any atom is 0.339 e. The quantitative estimate of drug-likeness (QED) is 0.215. The van der Waals surface area contributed by atoms with E-state index in [1.54, 1.807) is 19.2 Å². The molecule has 37 heavy (non-hydrogen) atoms. The van der Waals surface area contributed by atoms with Gasteiger partial charge in [-0.25, -0.2) is 4.79 Å². The van der Waals surface area contributed by atoms with E-state index < -0.39 is 5.97 Å². The lowest BCUT2D eigenvalue weighted by Crippen LogP contribution is -2.48. The van der Waals surface area contributed by atoms with Crippen LogP contribution < -0.4 is 9.47 Å². The Morgan fingerprint density at radius 2 is 1.68 bits per heavy atom. The lowest BCUT2D eigenvalue weighted by molar-refractivity contribution is -0.0189. The van der Waals surface area contributed by atoms with E-state index in [0.717, 1.165) is 40.2 Å². The first-order valence-corrected chi connectivity index (χ1v) is 13.3. The molecule has 0 heterocycles. The van der Waals surface area contributed by atoms with Crippen LogP contribution >= 0.6 is 0 Å². The van der Waals surface area contributed by atoms with Crippen LogP contribution in [0.5, 0.6) is 11.5 Å². The van der Waals surface area contributed by atoms with Gasteiger partial charge in [0.05, 0.1) is 20.3 Å². The second-order valence-corrected chi connectivity index (χ2v) is 11.2. The van der Waals surface area contributed by atoms with Gasteiger partial charge in [-0.3, -0.25) is 0 Å². The van der Waals surface area contributed by atoms with Crippen LogP contribution in [0, 0.1) is 17.8 Å². The van der Waals surface area contributed by atoms with E-state index in [0.29, 0.717) is 19.0 Å². The van der Waals surface area contributed by atoms with E-state index in [4.69, 9.17) is 18.9 Å². The zero-order valence-electron chi connectivity index (χ0n) is 22.1. The van der Waals surface area contributed by atoms with Crippen molar-refractivity contribution in [3.8, 4) is 11.5 Å². The summed E-state index contributed by atoms with van der Waals surface area (Å²) in [6, 6.07) is 11.8. The number of benzene rings is 2. The third kappa shape index (κ3) is 5.41. The van der Waals surface area contributed by atoms with Gasteiger partial charge in [0, 0.05) is 12.7 Å². The number of rotatable bonds is 11. The van der Waals surface area contributed by atoms with Gasteiger partial charge in [-0.1, -0.05) is 18.2 Å². The Morgan fingerprint density at radius 3 is 2.30 bits per heavy atom. The second-order valence-electron chi connectivity index (χ2n) is 11.2. The number of carboxylic acid groups (broad SMARTS) is 1. The molecule has 0 aromatic heterocycles. The molecule has 4 bridgehead atoms. The monoisotopic (exact) mass is 506 g/mol. The number of hydrogen-bond donors (Lipinski definition) is 1. The van der Waals surface area contributed by atoms with Gasteiger partial charge in [0.25, 0.3) is 0 Å². The fourth-order valence-electron chi connectivity index (χ4n) is 7.37. The Kier molecular flexibility index (Phi) is 7.59. The van der Waals surface area contributed by atoms with Crippen LogP contribution in [0.3, 0.4) is 0 Å². The first-order chi connectivity index (χ1) is 17.9. The highest BCUT2D eigenvalue weighted by molar-refractivity contribution is 5.92. The molecule has 6 heteroatoms. The van der Waals surface area contributed by atoms with Crippen LogP contribution in [-0.4, -0.2) is 45.3 Å². The molecule has 4 aliphatic rings. The number of carbonyl (C=O) groups is 1. The van der Waals surface area contributed by atoms with Gasteiger partial charge in [0.2, 0.25) is 0 Å². The fourth-order valence-corrected chi connectivity index (χ4v) is 7.37. The summed E-state index contributed by atoms with van der Waals surface area (Å²) in [5.74, 6) is 2.79. The Hall–Kier alpha value is -2.83. The number of allylic oxidation sites excluding steroid dienone is 1. The molecule has 2 aromatic carbocycles. The summed E-state index contributed by atoms with van der Waals surface area (Å²) in [6.45, 7) is 3.37. The Bertz CT molecular complexity index is 1130. The van der Waals surface area contributed by atoms with Crippen molar-refractivity contribution in [3.63, 3.8) is 0 Å². The van der Waals surface area contributed by atoms with Crippen molar-refractivity contribution in [2.45, 2.75) is 50.9 Å². The van der Waals surface area contributed by atoms with Gasteiger partial charge in [0.1, 0.15) is 17.1 Å². The van der Waals surface area contributed by atoms with Crippen molar-refractivity contribution < 1.29 is 28.8 Å². The molecular formula is C31H38O6. The summed E-state index contributed by atoms with van der Waals surface area (Å²) < 4.78 is 22.3. The summed E-state index contributed by atoms with van der Waals surface area (Å²) in [7, 11) is 3.16. The van der Waals surface area contributed by atoms with Gasteiger partial charge >= 0.3 is 5.97 Å². The number of hydrogen-bond acceptors (Lipinski definition) is 5. The van der Waals surface area contributed by atoms with Gasteiger partial charge in [0.15, 0.2) is 6.79 Å². The molecule has 1 N–H and O–H groups in total. The van der Waals surface area contributed by atoms with Crippen LogP contribution in [0.25, 0.3) is 11.6 Å². The summed E-state index contributed by atoms with van der Waals surface area (Å²) in [5.41, 5.74) is 4.84. The SMILES string of the molecule is COCCOCOc1ccc(C(C)=Cc2ccc(C(=O)O)c(OC)c2)cc1C12CC3CC(CC(C3)C1)C2. The number of methoxy groups -OCH3 is 2. The normalized spacial score (nSPS) is 26.4. The minimum atomic E-state index is -0.994. The Balaban J connectivity index is 1.46. The molecule has 6 rings (SSSR count). The third-order valence-corrected chi connectivity index (χ3v) is 8.61. The van der Waals surface area contributed by atoms with E-state index >= 15 is 0 Å². The predicted molar refractivity (Wildman–Crippen MR) is 143 cm³/mol. The zero-order valence-corrected chi connectivity index (χ0v) is 22.1. The number of aromatic carboxylic acids is 1. The van der Waals surface area contributed by atoms with Crippen molar-refractivity contribution in [1.29, 1.82) is 0 Å². The van der Waals surface area contributed by atoms with Crippen LogP contribution in [0.1, 0.15) is 72.5 Å². The predicted octanol–water partition coefficient (Wildman–Crippen LogP) is 6.42. The van der Waals surface area contributed by atoms with Crippen molar-refractivity contribution in [3.05, 3.63) is 58.7 Å². The van der Waals surface area contributed by atoms with Crippen LogP contribution in [0.4, 0.5) is 0 Å². The highest BCUT2D eigenvalue weighted by Crippen LogP contribution is 2.62. The van der Waals surface area contributed by atoms with E-state index in [2.05, 4.69) is 31.2 Å². The molecule has 2 aromatic rings. The van der Waals surface area contributed by atoms with Crippen LogP contribution in [0.2, 0.25) is 0 Å². The summed E-state index contributed by atoms with van der Waals surface area (Å²) >= 11 is 0. The van der Waals surface area contributed by atoms with E-state index in [1.807, 2.05) is 6.07 Å². The first-order valence-electron chi connectivity index (χ1n) is 13.3. The molecule has 4 fully saturated rings. The molecule has 198 valence electrons.